The fourth-order valence-corrected chi connectivity index (χ4v) is 5.52. The van der Waals surface area contributed by atoms with E-state index in [1.165, 1.54) is 25.7 Å². The Bertz CT molecular complexity index is 704. The van der Waals surface area contributed by atoms with Crippen LogP contribution in [0.3, 0.4) is 0 Å². The van der Waals surface area contributed by atoms with Gasteiger partial charge in [0.15, 0.2) is 0 Å². The van der Waals surface area contributed by atoms with E-state index in [0.29, 0.717) is 11.4 Å². The molecule has 1 unspecified atom stereocenters. The number of sulfonamides is 1. The van der Waals surface area contributed by atoms with Crippen molar-refractivity contribution in [2.24, 2.45) is 5.41 Å². The van der Waals surface area contributed by atoms with Gasteiger partial charge in [-0.05, 0) is 56.6 Å². The van der Waals surface area contributed by atoms with Gasteiger partial charge in [-0.3, -0.25) is 0 Å². The molecule has 1 aromatic carbocycles. The third-order valence-corrected chi connectivity index (χ3v) is 7.51. The molecule has 1 atom stereocenters. The summed E-state index contributed by atoms with van der Waals surface area (Å²) in [6.07, 6.45) is 13.2. The van der Waals surface area contributed by atoms with Crippen molar-refractivity contribution in [2.75, 3.05) is 6.54 Å². The molecule has 0 aromatic heterocycles. The zero-order valence-electron chi connectivity index (χ0n) is 17.6. The van der Waals surface area contributed by atoms with Crippen molar-refractivity contribution in [2.45, 2.75) is 90.0 Å². The predicted octanol–water partition coefficient (Wildman–Crippen LogP) is 6.09. The molecule has 0 radical (unpaired) electrons. The largest absolute Gasteiger partial charge is 0.243 e. The van der Waals surface area contributed by atoms with Crippen LogP contribution < -0.4 is 0 Å². The van der Waals surface area contributed by atoms with Crippen molar-refractivity contribution in [1.82, 2.24) is 4.31 Å². The molecule has 1 aliphatic heterocycles. The highest BCUT2D eigenvalue weighted by Crippen LogP contribution is 2.36. The first-order valence-corrected chi connectivity index (χ1v) is 12.0. The van der Waals surface area contributed by atoms with Gasteiger partial charge in [-0.25, -0.2) is 8.42 Å². The second-order valence-corrected chi connectivity index (χ2v) is 10.6. The van der Waals surface area contributed by atoms with Gasteiger partial charge in [-0.2, -0.15) is 4.31 Å². The first kappa shape index (κ1) is 22.2. The number of hydrogen-bond donors (Lipinski definition) is 0. The number of aryl methyl sites for hydroxylation is 1. The molecule has 0 amide bonds. The minimum absolute atomic E-state index is 0.0556. The normalized spacial score (nSPS) is 21.4. The molecule has 1 aliphatic rings. The summed E-state index contributed by atoms with van der Waals surface area (Å²) in [5.74, 6) is 0. The maximum Gasteiger partial charge on any atom is 0.243 e. The number of nitrogens with zero attached hydrogens (tertiary/aromatic N) is 1. The molecular weight excluding hydrogens is 354 g/mol. The van der Waals surface area contributed by atoms with Gasteiger partial charge in [0.1, 0.15) is 0 Å². The van der Waals surface area contributed by atoms with Gasteiger partial charge in [-0.1, -0.05) is 69.9 Å². The summed E-state index contributed by atoms with van der Waals surface area (Å²) in [6, 6.07) is 7.19. The smallest absolute Gasteiger partial charge is 0.207 e. The van der Waals surface area contributed by atoms with Crippen molar-refractivity contribution < 1.29 is 8.42 Å². The number of unbranched alkanes of at least 4 members (excludes halogenated alkanes) is 4. The lowest BCUT2D eigenvalue weighted by atomic mass is 9.83. The fourth-order valence-electron chi connectivity index (χ4n) is 3.90. The van der Waals surface area contributed by atoms with E-state index in [2.05, 4.69) is 32.9 Å². The molecule has 1 heterocycles. The van der Waals surface area contributed by atoms with Gasteiger partial charge in [0, 0.05) is 12.6 Å². The molecule has 2 rings (SSSR count). The Morgan fingerprint density at radius 2 is 1.85 bits per heavy atom. The van der Waals surface area contributed by atoms with Gasteiger partial charge < -0.3 is 0 Å². The predicted molar refractivity (Wildman–Crippen MR) is 114 cm³/mol. The molecule has 0 saturated carbocycles. The molecular formula is C23H37NO2S. The van der Waals surface area contributed by atoms with Gasteiger partial charge in [-0.15, -0.1) is 0 Å². The maximum atomic E-state index is 13.3. The minimum Gasteiger partial charge on any atom is -0.207 e. The molecule has 0 bridgehead atoms. The third kappa shape index (κ3) is 6.46. The summed E-state index contributed by atoms with van der Waals surface area (Å²) in [4.78, 5) is 0.411. The number of allylic oxidation sites excluding steroid dienone is 1. The second-order valence-electron chi connectivity index (χ2n) is 8.75. The lowest BCUT2D eigenvalue weighted by Gasteiger charge is -2.30. The number of benzene rings is 1. The summed E-state index contributed by atoms with van der Waals surface area (Å²) >= 11 is 0. The highest BCUT2D eigenvalue weighted by molar-refractivity contribution is 7.89. The summed E-state index contributed by atoms with van der Waals surface area (Å²) in [7, 11) is -3.47. The Hall–Kier alpha value is -1.13. The Kier molecular flexibility index (Phi) is 8.11. The van der Waals surface area contributed by atoms with E-state index in [4.69, 9.17) is 0 Å². The van der Waals surface area contributed by atoms with Crippen LogP contribution in [0.15, 0.2) is 41.3 Å². The lowest BCUT2D eigenvalue weighted by Crippen LogP contribution is -2.39. The molecule has 1 aromatic rings. The van der Waals surface area contributed by atoms with E-state index >= 15 is 0 Å². The number of hydrogen-bond acceptors (Lipinski definition) is 2. The van der Waals surface area contributed by atoms with Crippen LogP contribution in [0, 0.1) is 12.3 Å². The molecule has 0 spiro atoms. The van der Waals surface area contributed by atoms with Gasteiger partial charge in [0.05, 0.1) is 4.90 Å². The van der Waals surface area contributed by atoms with E-state index in [-0.39, 0.29) is 11.5 Å². The molecule has 27 heavy (non-hydrogen) atoms. The van der Waals surface area contributed by atoms with Crippen LogP contribution in [0.2, 0.25) is 0 Å². The van der Waals surface area contributed by atoms with Gasteiger partial charge in [0.2, 0.25) is 10.0 Å². The zero-order chi connectivity index (χ0) is 19.9. The molecule has 0 N–H and O–H groups in total. The maximum absolute atomic E-state index is 13.3. The average Bonchev–Trinajstić information content (AvgIpc) is 2.76. The lowest BCUT2D eigenvalue weighted by molar-refractivity contribution is 0.282. The van der Waals surface area contributed by atoms with Gasteiger partial charge >= 0.3 is 0 Å². The van der Waals surface area contributed by atoms with Crippen molar-refractivity contribution >= 4 is 10.0 Å². The van der Waals surface area contributed by atoms with Crippen LogP contribution in [0.25, 0.3) is 0 Å². The Morgan fingerprint density at radius 1 is 1.15 bits per heavy atom. The van der Waals surface area contributed by atoms with E-state index < -0.39 is 10.0 Å². The first-order valence-electron chi connectivity index (χ1n) is 10.5. The van der Waals surface area contributed by atoms with Crippen LogP contribution in [0.5, 0.6) is 0 Å². The first-order chi connectivity index (χ1) is 12.8. The van der Waals surface area contributed by atoms with Crippen molar-refractivity contribution in [3.8, 4) is 0 Å². The van der Waals surface area contributed by atoms with E-state index in [1.807, 2.05) is 19.1 Å². The Morgan fingerprint density at radius 3 is 2.52 bits per heavy atom. The molecule has 0 aliphatic carbocycles. The van der Waals surface area contributed by atoms with Crippen LogP contribution >= 0.6 is 0 Å². The zero-order valence-corrected chi connectivity index (χ0v) is 18.4. The van der Waals surface area contributed by atoms with E-state index in [0.717, 1.165) is 31.2 Å². The molecule has 3 nitrogen and oxygen atoms in total. The van der Waals surface area contributed by atoms with Crippen LogP contribution in [-0.4, -0.2) is 25.3 Å². The molecule has 152 valence electrons. The highest BCUT2D eigenvalue weighted by Gasteiger charge is 2.36. The average molecular weight is 392 g/mol. The summed E-state index contributed by atoms with van der Waals surface area (Å²) in [5.41, 5.74) is 1.24. The summed E-state index contributed by atoms with van der Waals surface area (Å²) in [6.45, 7) is 9.32. The molecule has 4 heteroatoms. The summed E-state index contributed by atoms with van der Waals surface area (Å²) < 4.78 is 28.4. The topological polar surface area (TPSA) is 37.4 Å². The SMILES string of the molecule is CCCCCC/C=C/C1CC(C)(C)CCCN1S(=O)(=O)c1ccc(C)cc1. The molecule has 1 fully saturated rings. The van der Waals surface area contributed by atoms with Crippen LogP contribution in [0.1, 0.15) is 77.7 Å². The van der Waals surface area contributed by atoms with Crippen molar-refractivity contribution in [1.29, 1.82) is 0 Å². The fraction of sp³-hybridized carbons (Fsp3) is 0.652. The quantitative estimate of drug-likeness (QED) is 0.397. The van der Waals surface area contributed by atoms with Crippen molar-refractivity contribution in [3.63, 3.8) is 0 Å². The van der Waals surface area contributed by atoms with Crippen molar-refractivity contribution in [3.05, 3.63) is 42.0 Å². The highest BCUT2D eigenvalue weighted by atomic mass is 32.2. The standard InChI is InChI=1S/C23H37NO2S/c1-5-6-7-8-9-10-12-21-19-23(3,4)17-11-18-24(21)27(25,26)22-15-13-20(2)14-16-22/h10,12-16,21H,5-9,11,17-19H2,1-4H3/b12-10+. The van der Waals surface area contributed by atoms with Crippen LogP contribution in [-0.2, 0) is 10.0 Å². The summed E-state index contributed by atoms with van der Waals surface area (Å²) in [5, 5.41) is 0. The second kappa shape index (κ2) is 9.88. The molecule has 1 saturated heterocycles. The number of rotatable bonds is 8. The minimum atomic E-state index is -3.47. The Balaban J connectivity index is 2.21. The van der Waals surface area contributed by atoms with E-state index in [1.54, 1.807) is 16.4 Å². The third-order valence-electron chi connectivity index (χ3n) is 5.57. The van der Waals surface area contributed by atoms with E-state index in [9.17, 15) is 8.42 Å². The Labute approximate surface area is 166 Å². The van der Waals surface area contributed by atoms with Gasteiger partial charge in [0.25, 0.3) is 0 Å². The monoisotopic (exact) mass is 391 g/mol. The van der Waals surface area contributed by atoms with Crippen LogP contribution in [0.4, 0.5) is 0 Å².